The van der Waals surface area contributed by atoms with E-state index in [2.05, 4.69) is 17.9 Å². The van der Waals surface area contributed by atoms with Crippen molar-refractivity contribution in [3.8, 4) is 6.07 Å². The van der Waals surface area contributed by atoms with Gasteiger partial charge in [-0.2, -0.15) is 5.26 Å². The summed E-state index contributed by atoms with van der Waals surface area (Å²) in [4.78, 5) is 2.08. The molecule has 0 saturated carbocycles. The van der Waals surface area contributed by atoms with Crippen LogP contribution in [0.4, 0.5) is 10.1 Å². The molecule has 2 nitrogen and oxygen atoms in total. The molecule has 0 N–H and O–H groups in total. The van der Waals surface area contributed by atoms with Crippen molar-refractivity contribution in [3.63, 3.8) is 0 Å². The van der Waals surface area contributed by atoms with E-state index < -0.39 is 0 Å². The molecule has 1 aromatic rings. The molecule has 3 heteroatoms. The van der Waals surface area contributed by atoms with Crippen molar-refractivity contribution in [1.29, 1.82) is 5.26 Å². The number of rotatable bonds is 1. The molecule has 16 heavy (non-hydrogen) atoms. The number of anilines is 1. The summed E-state index contributed by atoms with van der Waals surface area (Å²) in [5.41, 5.74) is 2.54. The van der Waals surface area contributed by atoms with Gasteiger partial charge < -0.3 is 4.90 Å². The van der Waals surface area contributed by atoms with Gasteiger partial charge >= 0.3 is 0 Å². The lowest BCUT2D eigenvalue weighted by Crippen LogP contribution is -2.28. The third kappa shape index (κ3) is 2.22. The fourth-order valence-electron chi connectivity index (χ4n) is 1.83. The van der Waals surface area contributed by atoms with E-state index in [0.717, 1.165) is 25.2 Å². The molecule has 1 aromatic carbocycles. The van der Waals surface area contributed by atoms with E-state index in [1.807, 2.05) is 6.07 Å². The molecule has 0 radical (unpaired) electrons. The van der Waals surface area contributed by atoms with Gasteiger partial charge in [0.2, 0.25) is 0 Å². The fraction of sp³-hybridized carbons (Fsp3) is 0.308. The molecule has 0 saturated heterocycles. The van der Waals surface area contributed by atoms with Crippen molar-refractivity contribution in [2.75, 3.05) is 18.0 Å². The molecular formula is C13H13FN2. The Kier molecular flexibility index (Phi) is 2.91. The minimum absolute atomic E-state index is 0.347. The van der Waals surface area contributed by atoms with Crippen LogP contribution in [0.15, 0.2) is 29.8 Å². The monoisotopic (exact) mass is 216 g/mol. The summed E-state index contributed by atoms with van der Waals surface area (Å²) >= 11 is 0. The van der Waals surface area contributed by atoms with Crippen LogP contribution in [0.3, 0.4) is 0 Å². The highest BCUT2D eigenvalue weighted by atomic mass is 19.1. The second-order valence-electron chi connectivity index (χ2n) is 4.06. The Bertz CT molecular complexity index is 471. The molecule has 0 aromatic heterocycles. The number of hydrogen-bond donors (Lipinski definition) is 0. The first-order chi connectivity index (χ1) is 7.69. The Morgan fingerprint density at radius 1 is 1.38 bits per heavy atom. The normalized spacial score (nSPS) is 15.6. The number of halogens is 1. The van der Waals surface area contributed by atoms with E-state index in [0.29, 0.717) is 5.56 Å². The van der Waals surface area contributed by atoms with Gasteiger partial charge in [0.15, 0.2) is 0 Å². The highest BCUT2D eigenvalue weighted by molar-refractivity contribution is 5.53. The Hall–Kier alpha value is -1.82. The van der Waals surface area contributed by atoms with Crippen LogP contribution in [0.1, 0.15) is 18.9 Å². The molecule has 0 fully saturated rings. The first-order valence-electron chi connectivity index (χ1n) is 5.30. The van der Waals surface area contributed by atoms with E-state index in [1.165, 1.54) is 17.7 Å². The molecule has 82 valence electrons. The van der Waals surface area contributed by atoms with Gasteiger partial charge in [-0.15, -0.1) is 0 Å². The summed E-state index contributed by atoms with van der Waals surface area (Å²) in [6.45, 7) is 3.78. The molecule has 0 bridgehead atoms. The molecule has 0 aliphatic carbocycles. The zero-order valence-corrected chi connectivity index (χ0v) is 9.20. The number of nitrogens with zero attached hydrogens (tertiary/aromatic N) is 2. The highest BCUT2D eigenvalue weighted by Gasteiger charge is 2.11. The minimum Gasteiger partial charge on any atom is -0.367 e. The smallest absolute Gasteiger partial charge is 0.126 e. The summed E-state index contributed by atoms with van der Waals surface area (Å²) in [5, 5.41) is 8.78. The van der Waals surface area contributed by atoms with Crippen molar-refractivity contribution in [2.24, 2.45) is 0 Å². The summed E-state index contributed by atoms with van der Waals surface area (Å²) in [6, 6.07) is 6.45. The predicted molar refractivity (Wildman–Crippen MR) is 61.7 cm³/mol. The molecule has 0 spiro atoms. The van der Waals surface area contributed by atoms with Crippen LogP contribution in [0, 0.1) is 17.1 Å². The van der Waals surface area contributed by atoms with Gasteiger partial charge in [-0.25, -0.2) is 4.39 Å². The Balaban J connectivity index is 2.28. The van der Waals surface area contributed by atoms with Crippen LogP contribution < -0.4 is 4.90 Å². The second kappa shape index (κ2) is 4.36. The largest absolute Gasteiger partial charge is 0.367 e. The third-order valence-electron chi connectivity index (χ3n) is 2.81. The van der Waals surface area contributed by atoms with Crippen molar-refractivity contribution in [3.05, 3.63) is 41.2 Å². The lowest BCUT2D eigenvalue weighted by molar-refractivity contribution is 0.626. The summed E-state index contributed by atoms with van der Waals surface area (Å²) in [5.74, 6) is -0.347. The van der Waals surface area contributed by atoms with Crippen molar-refractivity contribution < 1.29 is 4.39 Å². The minimum atomic E-state index is -0.347. The maximum absolute atomic E-state index is 13.3. The molecule has 1 aliphatic heterocycles. The van der Waals surface area contributed by atoms with E-state index >= 15 is 0 Å². The second-order valence-corrected chi connectivity index (χ2v) is 4.06. The lowest BCUT2D eigenvalue weighted by atomic mass is 10.1. The van der Waals surface area contributed by atoms with Crippen LogP contribution in [-0.4, -0.2) is 13.1 Å². The van der Waals surface area contributed by atoms with E-state index in [4.69, 9.17) is 5.26 Å². The van der Waals surface area contributed by atoms with Crippen LogP contribution in [0.25, 0.3) is 0 Å². The summed E-state index contributed by atoms with van der Waals surface area (Å²) < 4.78 is 13.3. The van der Waals surface area contributed by atoms with Gasteiger partial charge in [0.1, 0.15) is 5.82 Å². The first kappa shape index (κ1) is 10.7. The standard InChI is InChI=1S/C13H13FN2/c1-10-2-4-16(5-3-10)13-7-11(9-15)6-12(14)8-13/h2,6-8H,3-5H2,1H3. The van der Waals surface area contributed by atoms with E-state index in [1.54, 1.807) is 6.07 Å². The van der Waals surface area contributed by atoms with Gasteiger partial charge in [-0.1, -0.05) is 11.6 Å². The maximum atomic E-state index is 13.3. The average Bonchev–Trinajstić information content (AvgIpc) is 2.29. The van der Waals surface area contributed by atoms with Crippen LogP contribution in [-0.2, 0) is 0 Å². The zero-order valence-electron chi connectivity index (χ0n) is 9.20. The molecule has 0 unspecified atom stereocenters. The lowest BCUT2D eigenvalue weighted by Gasteiger charge is -2.27. The number of hydrogen-bond acceptors (Lipinski definition) is 2. The Morgan fingerprint density at radius 2 is 2.19 bits per heavy atom. The van der Waals surface area contributed by atoms with Gasteiger partial charge in [0.05, 0.1) is 11.6 Å². The Morgan fingerprint density at radius 3 is 2.81 bits per heavy atom. The van der Waals surface area contributed by atoms with Gasteiger partial charge in [0, 0.05) is 18.8 Å². The van der Waals surface area contributed by atoms with E-state index in [9.17, 15) is 4.39 Å². The Labute approximate surface area is 94.6 Å². The van der Waals surface area contributed by atoms with Gasteiger partial charge in [0.25, 0.3) is 0 Å². The topological polar surface area (TPSA) is 27.0 Å². The van der Waals surface area contributed by atoms with Crippen LogP contribution >= 0.6 is 0 Å². The predicted octanol–water partition coefficient (Wildman–Crippen LogP) is 2.85. The molecule has 0 atom stereocenters. The van der Waals surface area contributed by atoms with Crippen LogP contribution in [0.5, 0.6) is 0 Å². The number of benzene rings is 1. The zero-order chi connectivity index (χ0) is 11.5. The summed E-state index contributed by atoms with van der Waals surface area (Å²) in [7, 11) is 0. The van der Waals surface area contributed by atoms with Crippen LogP contribution in [0.2, 0.25) is 0 Å². The molecular weight excluding hydrogens is 203 g/mol. The molecule has 2 rings (SSSR count). The van der Waals surface area contributed by atoms with Crippen molar-refractivity contribution >= 4 is 5.69 Å². The average molecular weight is 216 g/mol. The van der Waals surface area contributed by atoms with Gasteiger partial charge in [-0.05, 0) is 31.5 Å². The first-order valence-corrected chi connectivity index (χ1v) is 5.30. The molecule has 1 aliphatic rings. The van der Waals surface area contributed by atoms with Crippen molar-refractivity contribution in [1.82, 2.24) is 0 Å². The molecule has 0 amide bonds. The highest BCUT2D eigenvalue weighted by Crippen LogP contribution is 2.21. The fourth-order valence-corrected chi connectivity index (χ4v) is 1.83. The quantitative estimate of drug-likeness (QED) is 0.675. The third-order valence-corrected chi connectivity index (χ3v) is 2.81. The summed E-state index contributed by atoms with van der Waals surface area (Å²) in [6.07, 6.45) is 3.14. The molecule has 1 heterocycles. The van der Waals surface area contributed by atoms with Gasteiger partial charge in [-0.3, -0.25) is 0 Å². The maximum Gasteiger partial charge on any atom is 0.126 e. The number of nitriles is 1. The SMILES string of the molecule is CC1=CCN(c2cc(F)cc(C#N)c2)CC1. The van der Waals surface area contributed by atoms with Crippen molar-refractivity contribution in [2.45, 2.75) is 13.3 Å². The van der Waals surface area contributed by atoms with E-state index in [-0.39, 0.29) is 5.82 Å².